The Morgan fingerprint density at radius 3 is 2.60 bits per heavy atom. The zero-order valence-corrected chi connectivity index (χ0v) is 11.4. The lowest BCUT2D eigenvalue weighted by Crippen LogP contribution is -2.32. The van der Waals surface area contributed by atoms with Crippen molar-refractivity contribution < 1.29 is 9.18 Å². The van der Waals surface area contributed by atoms with Crippen LogP contribution in [-0.2, 0) is 0 Å². The minimum atomic E-state index is -0.650. The summed E-state index contributed by atoms with van der Waals surface area (Å²) in [7, 11) is 0. The van der Waals surface area contributed by atoms with E-state index in [1.54, 1.807) is 0 Å². The lowest BCUT2D eigenvalue weighted by Gasteiger charge is -2.13. The van der Waals surface area contributed by atoms with Gasteiger partial charge in [0.2, 0.25) is 0 Å². The summed E-state index contributed by atoms with van der Waals surface area (Å²) >= 11 is 5.64. The topological polar surface area (TPSA) is 55.1 Å². The third-order valence-corrected chi connectivity index (χ3v) is 3.12. The number of rotatable bonds is 4. The van der Waals surface area contributed by atoms with Crippen molar-refractivity contribution >= 4 is 17.5 Å². The number of halogens is 2. The summed E-state index contributed by atoms with van der Waals surface area (Å²) in [6.45, 7) is 0.227. The van der Waals surface area contributed by atoms with Gasteiger partial charge in [0.05, 0.1) is 5.56 Å². The van der Waals surface area contributed by atoms with Gasteiger partial charge in [-0.3, -0.25) is 4.79 Å². The van der Waals surface area contributed by atoms with Gasteiger partial charge in [-0.1, -0.05) is 41.9 Å². The van der Waals surface area contributed by atoms with Crippen molar-refractivity contribution in [2.75, 3.05) is 6.54 Å². The van der Waals surface area contributed by atoms with Gasteiger partial charge in [0.25, 0.3) is 5.91 Å². The number of hydrogen-bond donors (Lipinski definition) is 2. The number of carbonyl (C=O) groups is 1. The average molecular weight is 293 g/mol. The van der Waals surface area contributed by atoms with E-state index in [-0.39, 0.29) is 23.2 Å². The molecule has 104 valence electrons. The lowest BCUT2D eigenvalue weighted by atomic mass is 10.1. The normalized spacial score (nSPS) is 11.9. The molecule has 0 saturated heterocycles. The van der Waals surface area contributed by atoms with E-state index in [1.165, 1.54) is 12.1 Å². The monoisotopic (exact) mass is 292 g/mol. The Kier molecular flexibility index (Phi) is 4.71. The van der Waals surface area contributed by atoms with Crippen molar-refractivity contribution in [3.8, 4) is 0 Å². The van der Waals surface area contributed by atoms with Crippen LogP contribution in [-0.4, -0.2) is 12.5 Å². The molecule has 0 heterocycles. The lowest BCUT2D eigenvalue weighted by molar-refractivity contribution is 0.0947. The summed E-state index contributed by atoms with van der Waals surface area (Å²) in [4.78, 5) is 11.9. The Bertz CT molecular complexity index is 604. The summed E-state index contributed by atoms with van der Waals surface area (Å²) in [5.41, 5.74) is 6.81. The predicted octanol–water partition coefficient (Wildman–Crippen LogP) is 2.91. The Balaban J connectivity index is 1.99. The molecule has 0 aliphatic carbocycles. The first-order valence-corrected chi connectivity index (χ1v) is 6.49. The first kappa shape index (κ1) is 14.5. The second kappa shape index (κ2) is 6.50. The molecule has 2 aromatic carbocycles. The van der Waals surface area contributed by atoms with Crippen molar-refractivity contribution in [3.63, 3.8) is 0 Å². The molecule has 20 heavy (non-hydrogen) atoms. The summed E-state index contributed by atoms with van der Waals surface area (Å²) in [6, 6.07) is 13.0. The first-order valence-electron chi connectivity index (χ1n) is 6.11. The van der Waals surface area contributed by atoms with E-state index in [1.807, 2.05) is 30.3 Å². The van der Waals surface area contributed by atoms with E-state index in [2.05, 4.69) is 5.32 Å². The van der Waals surface area contributed by atoms with Gasteiger partial charge in [0, 0.05) is 17.6 Å². The maximum atomic E-state index is 13.6. The molecular formula is C15H14ClFN2O. The van der Waals surface area contributed by atoms with Crippen LogP contribution in [0.15, 0.2) is 48.5 Å². The molecule has 0 radical (unpaired) electrons. The Morgan fingerprint density at radius 2 is 1.95 bits per heavy atom. The van der Waals surface area contributed by atoms with Crippen LogP contribution in [0.2, 0.25) is 5.02 Å². The summed E-state index contributed by atoms with van der Waals surface area (Å²) in [6.07, 6.45) is 0. The average Bonchev–Trinajstić information content (AvgIpc) is 2.45. The van der Waals surface area contributed by atoms with E-state index in [4.69, 9.17) is 17.3 Å². The number of hydrogen-bond acceptors (Lipinski definition) is 2. The molecule has 0 bridgehead atoms. The SMILES string of the molecule is NC(CNC(=O)c1ccc(Cl)cc1F)c1ccccc1. The molecule has 1 atom stereocenters. The first-order chi connectivity index (χ1) is 9.58. The van der Waals surface area contributed by atoms with Gasteiger partial charge < -0.3 is 11.1 Å². The van der Waals surface area contributed by atoms with Crippen LogP contribution in [0, 0.1) is 5.82 Å². The molecule has 0 aliphatic rings. The maximum absolute atomic E-state index is 13.6. The van der Waals surface area contributed by atoms with E-state index in [0.717, 1.165) is 11.6 Å². The van der Waals surface area contributed by atoms with E-state index in [9.17, 15) is 9.18 Å². The van der Waals surface area contributed by atoms with E-state index >= 15 is 0 Å². The van der Waals surface area contributed by atoms with Crippen molar-refractivity contribution in [2.45, 2.75) is 6.04 Å². The Hall–Kier alpha value is -1.91. The van der Waals surface area contributed by atoms with Crippen molar-refractivity contribution in [1.29, 1.82) is 0 Å². The van der Waals surface area contributed by atoms with Gasteiger partial charge in [-0.05, 0) is 23.8 Å². The van der Waals surface area contributed by atoms with Crippen LogP contribution >= 0.6 is 11.6 Å². The molecule has 5 heteroatoms. The number of benzene rings is 2. The van der Waals surface area contributed by atoms with Gasteiger partial charge in [0.1, 0.15) is 5.82 Å². The molecular weight excluding hydrogens is 279 g/mol. The number of nitrogens with one attached hydrogen (secondary N) is 1. The third-order valence-electron chi connectivity index (χ3n) is 2.89. The zero-order chi connectivity index (χ0) is 14.5. The summed E-state index contributed by atoms with van der Waals surface area (Å²) < 4.78 is 13.6. The molecule has 1 amide bonds. The fraction of sp³-hybridized carbons (Fsp3) is 0.133. The van der Waals surface area contributed by atoms with Gasteiger partial charge in [-0.15, -0.1) is 0 Å². The van der Waals surface area contributed by atoms with Crippen LogP contribution < -0.4 is 11.1 Å². The molecule has 1 unspecified atom stereocenters. The summed E-state index contributed by atoms with van der Waals surface area (Å²) in [5, 5.41) is 2.86. The highest BCUT2D eigenvalue weighted by atomic mass is 35.5. The van der Waals surface area contributed by atoms with Gasteiger partial charge >= 0.3 is 0 Å². The molecule has 3 nitrogen and oxygen atoms in total. The van der Waals surface area contributed by atoms with Gasteiger partial charge in [-0.25, -0.2) is 4.39 Å². The minimum Gasteiger partial charge on any atom is -0.350 e. The second-order valence-electron chi connectivity index (χ2n) is 4.35. The smallest absolute Gasteiger partial charge is 0.254 e. The molecule has 0 fully saturated rings. The standard InChI is InChI=1S/C15H14ClFN2O/c16-11-6-7-12(13(17)8-11)15(20)19-9-14(18)10-4-2-1-3-5-10/h1-8,14H,9,18H2,(H,19,20). The Morgan fingerprint density at radius 1 is 1.25 bits per heavy atom. The highest BCUT2D eigenvalue weighted by Gasteiger charge is 2.13. The van der Waals surface area contributed by atoms with E-state index < -0.39 is 11.7 Å². The molecule has 2 aromatic rings. The van der Waals surface area contributed by atoms with E-state index in [0.29, 0.717) is 0 Å². The third kappa shape index (κ3) is 3.56. The van der Waals surface area contributed by atoms with Crippen molar-refractivity contribution in [1.82, 2.24) is 5.32 Å². The number of amides is 1. The molecule has 0 spiro atoms. The molecule has 0 saturated carbocycles. The maximum Gasteiger partial charge on any atom is 0.254 e. The highest BCUT2D eigenvalue weighted by Crippen LogP contribution is 2.15. The van der Waals surface area contributed by atoms with Crippen molar-refractivity contribution in [3.05, 3.63) is 70.5 Å². The second-order valence-corrected chi connectivity index (χ2v) is 4.79. The molecule has 0 aliphatic heterocycles. The van der Waals surface area contributed by atoms with Crippen molar-refractivity contribution in [2.24, 2.45) is 5.73 Å². The van der Waals surface area contributed by atoms with Crippen LogP contribution in [0.3, 0.4) is 0 Å². The number of carbonyl (C=O) groups excluding carboxylic acids is 1. The largest absolute Gasteiger partial charge is 0.350 e. The molecule has 3 N–H and O–H groups in total. The van der Waals surface area contributed by atoms with Crippen LogP contribution in [0.4, 0.5) is 4.39 Å². The van der Waals surface area contributed by atoms with Gasteiger partial charge in [-0.2, -0.15) is 0 Å². The number of nitrogens with two attached hydrogens (primary N) is 1. The van der Waals surface area contributed by atoms with Crippen LogP contribution in [0.5, 0.6) is 0 Å². The van der Waals surface area contributed by atoms with Gasteiger partial charge in [0.15, 0.2) is 0 Å². The minimum absolute atomic E-state index is 0.0466. The van der Waals surface area contributed by atoms with Crippen LogP contribution in [0.25, 0.3) is 0 Å². The molecule has 0 aromatic heterocycles. The zero-order valence-electron chi connectivity index (χ0n) is 10.6. The predicted molar refractivity (Wildman–Crippen MR) is 77.1 cm³/mol. The fourth-order valence-corrected chi connectivity index (χ4v) is 1.95. The quantitative estimate of drug-likeness (QED) is 0.910. The highest BCUT2D eigenvalue weighted by molar-refractivity contribution is 6.30. The Labute approximate surface area is 121 Å². The molecule has 2 rings (SSSR count). The summed E-state index contributed by atoms with van der Waals surface area (Å²) in [5.74, 6) is -1.16. The van der Waals surface area contributed by atoms with Crippen LogP contribution in [0.1, 0.15) is 22.0 Å². The fourth-order valence-electron chi connectivity index (χ4n) is 1.79.